The number of fused-ring (bicyclic) bond motifs is 1. The Balaban J connectivity index is 1.77. The molecule has 0 unspecified atom stereocenters. The number of halogens is 3. The Bertz CT molecular complexity index is 757. The first kappa shape index (κ1) is 16.2. The monoisotopic (exact) mass is 336 g/mol. The third kappa shape index (κ3) is 3.45. The van der Waals surface area contributed by atoms with E-state index in [1.807, 2.05) is 6.07 Å². The topological polar surface area (TPSA) is 55.6 Å². The second kappa shape index (κ2) is 6.07. The summed E-state index contributed by atoms with van der Waals surface area (Å²) < 4.78 is 43.3. The smallest absolute Gasteiger partial charge is 0.416 e. The Morgan fingerprint density at radius 1 is 1.04 bits per heavy atom. The number of ether oxygens (including phenoxy) is 1. The minimum Gasteiger partial charge on any atom is -0.457 e. The normalized spacial score (nSPS) is 14.2. The van der Waals surface area contributed by atoms with Crippen molar-refractivity contribution >= 4 is 6.03 Å². The lowest BCUT2D eigenvalue weighted by atomic mass is 10.00. The van der Waals surface area contributed by atoms with Gasteiger partial charge in [-0.15, -0.1) is 0 Å². The average Bonchev–Trinajstić information content (AvgIpc) is 2.54. The fourth-order valence-corrected chi connectivity index (χ4v) is 2.63. The second-order valence-corrected chi connectivity index (χ2v) is 5.56. The minimum atomic E-state index is -4.37. The van der Waals surface area contributed by atoms with Gasteiger partial charge >= 0.3 is 12.2 Å². The van der Waals surface area contributed by atoms with E-state index in [1.54, 1.807) is 12.1 Å². The Labute approximate surface area is 136 Å². The lowest BCUT2D eigenvalue weighted by molar-refractivity contribution is -0.137. The van der Waals surface area contributed by atoms with Gasteiger partial charge in [-0.25, -0.2) is 4.79 Å². The van der Waals surface area contributed by atoms with Crippen molar-refractivity contribution in [3.63, 3.8) is 0 Å². The molecule has 1 aliphatic heterocycles. The van der Waals surface area contributed by atoms with Crippen LogP contribution >= 0.6 is 0 Å². The zero-order chi connectivity index (χ0) is 17.3. The summed E-state index contributed by atoms with van der Waals surface area (Å²) in [6, 6.07) is 9.46. The number of carbonyl (C=O) groups is 1. The number of rotatable bonds is 2. The summed E-state index contributed by atoms with van der Waals surface area (Å²) >= 11 is 0. The molecule has 7 heteroatoms. The molecule has 2 N–H and O–H groups in total. The molecule has 0 saturated heterocycles. The molecule has 4 nitrogen and oxygen atoms in total. The highest BCUT2D eigenvalue weighted by Crippen LogP contribution is 2.32. The standard InChI is InChI=1S/C17H15F3N2O2/c18-17(19,20)13-2-5-14(6-3-13)24-15-4-1-11-7-8-22(16(21)23)10-12(11)9-15/h1-6,9H,7-8,10H2,(H2,21,23). The number of benzene rings is 2. The maximum absolute atomic E-state index is 12.6. The molecule has 2 aromatic carbocycles. The molecule has 0 atom stereocenters. The summed E-state index contributed by atoms with van der Waals surface area (Å²) in [4.78, 5) is 12.8. The molecule has 0 aliphatic carbocycles. The van der Waals surface area contributed by atoms with Gasteiger partial charge in [-0.3, -0.25) is 0 Å². The summed E-state index contributed by atoms with van der Waals surface area (Å²) in [7, 11) is 0. The number of nitrogens with zero attached hydrogens (tertiary/aromatic N) is 1. The highest BCUT2D eigenvalue weighted by atomic mass is 19.4. The van der Waals surface area contributed by atoms with Gasteiger partial charge in [0, 0.05) is 13.1 Å². The third-order valence-corrected chi connectivity index (χ3v) is 3.92. The van der Waals surface area contributed by atoms with Gasteiger partial charge in [0.05, 0.1) is 5.56 Å². The van der Waals surface area contributed by atoms with E-state index in [2.05, 4.69) is 0 Å². The van der Waals surface area contributed by atoms with Crippen molar-refractivity contribution in [2.45, 2.75) is 19.1 Å². The van der Waals surface area contributed by atoms with Crippen LogP contribution < -0.4 is 10.5 Å². The summed E-state index contributed by atoms with van der Waals surface area (Å²) in [5.41, 5.74) is 6.60. The average molecular weight is 336 g/mol. The van der Waals surface area contributed by atoms with E-state index < -0.39 is 17.8 Å². The molecule has 0 fully saturated rings. The van der Waals surface area contributed by atoms with Crippen molar-refractivity contribution in [2.24, 2.45) is 5.73 Å². The van der Waals surface area contributed by atoms with Crippen LogP contribution in [0.2, 0.25) is 0 Å². The van der Waals surface area contributed by atoms with Gasteiger partial charge in [0.2, 0.25) is 0 Å². The van der Waals surface area contributed by atoms with Crippen LogP contribution in [-0.4, -0.2) is 17.5 Å². The first-order chi connectivity index (χ1) is 11.3. The number of alkyl halides is 3. The lowest BCUT2D eigenvalue weighted by Gasteiger charge is -2.27. The van der Waals surface area contributed by atoms with Crippen molar-refractivity contribution in [1.29, 1.82) is 0 Å². The highest BCUT2D eigenvalue weighted by molar-refractivity contribution is 5.72. The summed E-state index contributed by atoms with van der Waals surface area (Å²) in [5, 5.41) is 0. The number of urea groups is 1. The van der Waals surface area contributed by atoms with Gasteiger partial charge in [-0.1, -0.05) is 6.07 Å². The Morgan fingerprint density at radius 3 is 2.33 bits per heavy atom. The number of amides is 2. The maximum Gasteiger partial charge on any atom is 0.416 e. The quantitative estimate of drug-likeness (QED) is 0.903. The van der Waals surface area contributed by atoms with Gasteiger partial charge in [0.1, 0.15) is 11.5 Å². The molecule has 1 aliphatic rings. The maximum atomic E-state index is 12.6. The molecule has 126 valence electrons. The van der Waals surface area contributed by atoms with Crippen molar-refractivity contribution in [3.8, 4) is 11.5 Å². The van der Waals surface area contributed by atoms with Crippen molar-refractivity contribution in [1.82, 2.24) is 4.90 Å². The van der Waals surface area contributed by atoms with Gasteiger partial charge in [-0.2, -0.15) is 13.2 Å². The van der Waals surface area contributed by atoms with E-state index in [-0.39, 0.29) is 0 Å². The summed E-state index contributed by atoms with van der Waals surface area (Å²) in [5.74, 6) is 0.811. The minimum absolute atomic E-state index is 0.311. The first-order valence-corrected chi connectivity index (χ1v) is 7.34. The second-order valence-electron chi connectivity index (χ2n) is 5.56. The van der Waals surface area contributed by atoms with E-state index in [9.17, 15) is 18.0 Å². The van der Waals surface area contributed by atoms with Crippen LogP contribution in [0.5, 0.6) is 11.5 Å². The molecular formula is C17H15F3N2O2. The van der Waals surface area contributed by atoms with Crippen molar-refractivity contribution < 1.29 is 22.7 Å². The molecule has 0 spiro atoms. The largest absolute Gasteiger partial charge is 0.457 e. The predicted molar refractivity (Wildman–Crippen MR) is 81.7 cm³/mol. The van der Waals surface area contributed by atoms with Crippen molar-refractivity contribution in [3.05, 3.63) is 59.2 Å². The molecule has 2 aromatic rings. The Kier molecular flexibility index (Phi) is 4.09. The van der Waals surface area contributed by atoms with Crippen LogP contribution in [0.15, 0.2) is 42.5 Å². The van der Waals surface area contributed by atoms with Gasteiger partial charge in [-0.05, 0) is 53.9 Å². The Hall–Kier alpha value is -2.70. The Morgan fingerprint density at radius 2 is 1.71 bits per heavy atom. The molecule has 0 radical (unpaired) electrons. The van der Waals surface area contributed by atoms with E-state index in [1.165, 1.54) is 17.0 Å². The number of primary amides is 1. The summed E-state index contributed by atoms with van der Waals surface area (Å²) in [6.45, 7) is 0.969. The molecule has 0 aromatic heterocycles. The van der Waals surface area contributed by atoms with Crippen LogP contribution in [0.25, 0.3) is 0 Å². The van der Waals surface area contributed by atoms with E-state index in [0.29, 0.717) is 31.0 Å². The van der Waals surface area contributed by atoms with Crippen LogP contribution in [0.4, 0.5) is 18.0 Å². The van der Waals surface area contributed by atoms with Crippen molar-refractivity contribution in [2.75, 3.05) is 6.54 Å². The number of hydrogen-bond donors (Lipinski definition) is 1. The van der Waals surface area contributed by atoms with Gasteiger partial charge < -0.3 is 15.4 Å². The van der Waals surface area contributed by atoms with Crippen LogP contribution in [-0.2, 0) is 19.1 Å². The number of carbonyl (C=O) groups excluding carboxylic acids is 1. The number of nitrogens with two attached hydrogens (primary N) is 1. The first-order valence-electron chi connectivity index (χ1n) is 7.34. The zero-order valence-corrected chi connectivity index (χ0v) is 12.6. The van der Waals surface area contributed by atoms with Gasteiger partial charge in [0.15, 0.2) is 0 Å². The third-order valence-electron chi connectivity index (χ3n) is 3.92. The zero-order valence-electron chi connectivity index (χ0n) is 12.6. The molecule has 3 rings (SSSR count). The van der Waals surface area contributed by atoms with E-state index >= 15 is 0 Å². The van der Waals surface area contributed by atoms with E-state index in [0.717, 1.165) is 23.3 Å². The fourth-order valence-electron chi connectivity index (χ4n) is 2.63. The van der Waals surface area contributed by atoms with Crippen LogP contribution in [0.3, 0.4) is 0 Å². The SMILES string of the molecule is NC(=O)N1CCc2ccc(Oc3ccc(C(F)(F)F)cc3)cc2C1. The van der Waals surface area contributed by atoms with Crippen LogP contribution in [0, 0.1) is 0 Å². The molecule has 2 amide bonds. The molecular weight excluding hydrogens is 321 g/mol. The van der Waals surface area contributed by atoms with Crippen LogP contribution in [0.1, 0.15) is 16.7 Å². The summed E-state index contributed by atoms with van der Waals surface area (Å²) in [6.07, 6.45) is -3.67. The molecule has 1 heterocycles. The predicted octanol–water partition coefficient (Wildman–Crippen LogP) is 3.93. The number of hydrogen-bond acceptors (Lipinski definition) is 2. The fraction of sp³-hybridized carbons (Fsp3) is 0.235. The van der Waals surface area contributed by atoms with E-state index in [4.69, 9.17) is 10.5 Å². The van der Waals surface area contributed by atoms with Gasteiger partial charge in [0.25, 0.3) is 0 Å². The molecule has 0 saturated carbocycles. The highest BCUT2D eigenvalue weighted by Gasteiger charge is 2.30. The lowest BCUT2D eigenvalue weighted by Crippen LogP contribution is -2.39. The molecule has 0 bridgehead atoms. The molecule has 24 heavy (non-hydrogen) atoms.